The average Bonchev–Trinajstić information content (AvgIpc) is 3.38. The monoisotopic (exact) mass is 448 g/mol. The number of ether oxygens (including phenoxy) is 2. The lowest BCUT2D eigenvalue weighted by Gasteiger charge is -2.36. The molecular formula is C27H32N2O4. The Morgan fingerprint density at radius 2 is 1.39 bits per heavy atom. The third-order valence-electron chi connectivity index (χ3n) is 7.71. The maximum atomic E-state index is 11.8. The first-order valence-electron chi connectivity index (χ1n) is 11.9. The average molecular weight is 449 g/mol. The first kappa shape index (κ1) is 22.1. The smallest absolute Gasteiger partial charge is 0.338 e. The highest BCUT2D eigenvalue weighted by Gasteiger charge is 2.27. The zero-order valence-corrected chi connectivity index (χ0v) is 19.8. The van der Waals surface area contributed by atoms with Gasteiger partial charge in [0.15, 0.2) is 0 Å². The molecule has 0 saturated carbocycles. The van der Waals surface area contributed by atoms with E-state index in [0.717, 1.165) is 67.9 Å². The molecule has 0 bridgehead atoms. The van der Waals surface area contributed by atoms with Gasteiger partial charge in [0.2, 0.25) is 0 Å². The number of benzene rings is 2. The zero-order valence-electron chi connectivity index (χ0n) is 19.8. The summed E-state index contributed by atoms with van der Waals surface area (Å²) < 4.78 is 10.4. The number of carbonyl (C=O) groups is 2. The van der Waals surface area contributed by atoms with Gasteiger partial charge in [-0.15, -0.1) is 0 Å². The minimum atomic E-state index is -0.194. The van der Waals surface area contributed by atoms with Crippen LogP contribution in [0.2, 0.25) is 0 Å². The van der Waals surface area contributed by atoms with Gasteiger partial charge in [0.1, 0.15) is 13.2 Å². The number of piperazine rings is 1. The van der Waals surface area contributed by atoms with Crippen LogP contribution in [0.25, 0.3) is 0 Å². The van der Waals surface area contributed by atoms with E-state index in [1.807, 2.05) is 12.1 Å². The van der Waals surface area contributed by atoms with Crippen LogP contribution in [0.4, 0.5) is 0 Å². The maximum absolute atomic E-state index is 11.8. The standard InChI is InChI=1S/C27H32N2O4/c1-17(21-6-7-23-25(19(21)3)16-33-27(23)31)14-29-12-10-28(11-13-29)9-8-20-4-5-22-24(18(20)2)15-32-26(22)30/h4-7,17H,8-16H2,1-3H3. The summed E-state index contributed by atoms with van der Waals surface area (Å²) in [5, 5.41) is 0. The molecule has 2 aromatic carbocycles. The van der Waals surface area contributed by atoms with Crippen molar-refractivity contribution in [2.75, 3.05) is 39.3 Å². The molecular weight excluding hydrogens is 416 g/mol. The topological polar surface area (TPSA) is 59.1 Å². The molecule has 0 aromatic heterocycles. The van der Waals surface area contributed by atoms with Crippen LogP contribution < -0.4 is 0 Å². The summed E-state index contributed by atoms with van der Waals surface area (Å²) >= 11 is 0. The van der Waals surface area contributed by atoms with E-state index in [9.17, 15) is 9.59 Å². The second kappa shape index (κ2) is 8.92. The Morgan fingerprint density at radius 3 is 2.06 bits per heavy atom. The van der Waals surface area contributed by atoms with E-state index >= 15 is 0 Å². The minimum Gasteiger partial charge on any atom is -0.457 e. The molecule has 0 aliphatic carbocycles. The molecule has 3 aliphatic heterocycles. The highest BCUT2D eigenvalue weighted by Crippen LogP contribution is 2.30. The zero-order chi connectivity index (χ0) is 23.1. The highest BCUT2D eigenvalue weighted by atomic mass is 16.5. The molecule has 174 valence electrons. The van der Waals surface area contributed by atoms with E-state index in [1.165, 1.54) is 22.3 Å². The molecule has 0 amide bonds. The first-order valence-corrected chi connectivity index (χ1v) is 11.9. The summed E-state index contributed by atoms with van der Waals surface area (Å²) in [4.78, 5) is 28.7. The van der Waals surface area contributed by atoms with Gasteiger partial charge in [-0.25, -0.2) is 9.59 Å². The quantitative estimate of drug-likeness (QED) is 0.630. The van der Waals surface area contributed by atoms with Crippen LogP contribution in [0.5, 0.6) is 0 Å². The van der Waals surface area contributed by atoms with Gasteiger partial charge in [0.05, 0.1) is 11.1 Å². The number of cyclic esters (lactones) is 2. The highest BCUT2D eigenvalue weighted by molar-refractivity contribution is 5.94. The second-order valence-corrected chi connectivity index (χ2v) is 9.63. The molecule has 1 unspecified atom stereocenters. The van der Waals surface area contributed by atoms with Gasteiger partial charge in [-0.05, 0) is 60.6 Å². The molecule has 3 aliphatic rings. The van der Waals surface area contributed by atoms with E-state index in [4.69, 9.17) is 9.47 Å². The minimum absolute atomic E-state index is 0.193. The third kappa shape index (κ3) is 4.18. The summed E-state index contributed by atoms with van der Waals surface area (Å²) in [6.45, 7) is 13.7. The summed E-state index contributed by atoms with van der Waals surface area (Å²) in [6.07, 6.45) is 0.999. The Hall–Kier alpha value is -2.70. The Labute approximate surface area is 195 Å². The van der Waals surface area contributed by atoms with Crippen LogP contribution in [0.3, 0.4) is 0 Å². The van der Waals surface area contributed by atoms with Crippen molar-refractivity contribution in [2.45, 2.75) is 46.3 Å². The van der Waals surface area contributed by atoms with Crippen molar-refractivity contribution in [3.8, 4) is 0 Å². The number of fused-ring (bicyclic) bond motifs is 2. The Morgan fingerprint density at radius 1 is 0.818 bits per heavy atom. The van der Waals surface area contributed by atoms with E-state index in [2.05, 4.69) is 42.7 Å². The fourth-order valence-corrected chi connectivity index (χ4v) is 5.53. The molecule has 6 nitrogen and oxygen atoms in total. The first-order chi connectivity index (χ1) is 15.9. The number of rotatable bonds is 6. The molecule has 1 atom stereocenters. The molecule has 1 saturated heterocycles. The second-order valence-electron chi connectivity index (χ2n) is 9.63. The van der Waals surface area contributed by atoms with Gasteiger partial charge >= 0.3 is 11.9 Å². The SMILES string of the molecule is Cc1c(CCN2CCN(CC(C)c3ccc4c(c3C)COC4=O)CC2)ccc2c1COC2=O. The largest absolute Gasteiger partial charge is 0.457 e. The molecule has 0 N–H and O–H groups in total. The Kier molecular flexibility index (Phi) is 5.97. The van der Waals surface area contributed by atoms with Crippen molar-refractivity contribution >= 4 is 11.9 Å². The van der Waals surface area contributed by atoms with Crippen LogP contribution in [0.15, 0.2) is 24.3 Å². The molecule has 33 heavy (non-hydrogen) atoms. The van der Waals surface area contributed by atoms with Gasteiger partial charge in [0, 0.05) is 50.4 Å². The fraction of sp³-hybridized carbons (Fsp3) is 0.481. The van der Waals surface area contributed by atoms with Crippen LogP contribution >= 0.6 is 0 Å². The Balaban J connectivity index is 1.13. The van der Waals surface area contributed by atoms with Gasteiger partial charge in [-0.3, -0.25) is 0 Å². The number of nitrogens with zero attached hydrogens (tertiary/aromatic N) is 2. The van der Waals surface area contributed by atoms with Crippen LogP contribution in [0, 0.1) is 13.8 Å². The van der Waals surface area contributed by atoms with Crippen molar-refractivity contribution in [1.29, 1.82) is 0 Å². The van der Waals surface area contributed by atoms with E-state index < -0.39 is 0 Å². The Bertz CT molecular complexity index is 1100. The lowest BCUT2D eigenvalue weighted by molar-refractivity contribution is 0.0526. The van der Waals surface area contributed by atoms with Crippen LogP contribution in [-0.2, 0) is 29.1 Å². The molecule has 1 fully saturated rings. The summed E-state index contributed by atoms with van der Waals surface area (Å²) in [6, 6.07) is 8.06. The number of hydrogen-bond acceptors (Lipinski definition) is 6. The van der Waals surface area contributed by atoms with Gasteiger partial charge in [-0.1, -0.05) is 19.1 Å². The number of hydrogen-bond donors (Lipinski definition) is 0. The van der Waals surface area contributed by atoms with Gasteiger partial charge < -0.3 is 19.3 Å². The predicted molar refractivity (Wildman–Crippen MR) is 126 cm³/mol. The van der Waals surface area contributed by atoms with Gasteiger partial charge in [-0.2, -0.15) is 0 Å². The van der Waals surface area contributed by atoms with Crippen molar-refractivity contribution in [2.24, 2.45) is 0 Å². The number of carbonyl (C=O) groups excluding carboxylic acids is 2. The van der Waals surface area contributed by atoms with E-state index in [-0.39, 0.29) is 11.9 Å². The van der Waals surface area contributed by atoms with Crippen molar-refractivity contribution < 1.29 is 19.1 Å². The lowest BCUT2D eigenvalue weighted by atomic mass is 9.90. The summed E-state index contributed by atoms with van der Waals surface area (Å²) in [5.74, 6) is 0.0266. The predicted octanol–water partition coefficient (Wildman–Crippen LogP) is 3.61. The molecule has 6 heteroatoms. The normalized spacial score (nSPS) is 19.2. The van der Waals surface area contributed by atoms with Crippen molar-refractivity contribution in [1.82, 2.24) is 9.80 Å². The van der Waals surface area contributed by atoms with Crippen LogP contribution in [-0.4, -0.2) is 61.0 Å². The molecule has 2 aromatic rings. The van der Waals surface area contributed by atoms with Crippen LogP contribution in [0.1, 0.15) is 66.9 Å². The molecule has 3 heterocycles. The fourth-order valence-electron chi connectivity index (χ4n) is 5.53. The maximum Gasteiger partial charge on any atom is 0.338 e. The number of esters is 2. The summed E-state index contributed by atoms with van der Waals surface area (Å²) in [7, 11) is 0. The van der Waals surface area contributed by atoms with Gasteiger partial charge in [0.25, 0.3) is 0 Å². The molecule has 5 rings (SSSR count). The molecule has 0 spiro atoms. The summed E-state index contributed by atoms with van der Waals surface area (Å²) in [5.41, 5.74) is 8.65. The van der Waals surface area contributed by atoms with Crippen molar-refractivity contribution in [3.63, 3.8) is 0 Å². The van der Waals surface area contributed by atoms with Crippen molar-refractivity contribution in [3.05, 3.63) is 68.8 Å². The van der Waals surface area contributed by atoms with E-state index in [0.29, 0.717) is 19.1 Å². The van der Waals surface area contributed by atoms with E-state index in [1.54, 1.807) is 0 Å². The third-order valence-corrected chi connectivity index (χ3v) is 7.71. The molecule has 0 radical (unpaired) electrons. The lowest BCUT2D eigenvalue weighted by Crippen LogP contribution is -2.47.